The number of halogens is 2. The fourth-order valence-electron chi connectivity index (χ4n) is 1.17. The van der Waals surface area contributed by atoms with Gasteiger partial charge < -0.3 is 11.1 Å². The molecule has 0 fully saturated rings. The van der Waals surface area contributed by atoms with E-state index in [0.29, 0.717) is 6.42 Å². The number of benzene rings is 1. The van der Waals surface area contributed by atoms with Gasteiger partial charge in [0.2, 0.25) is 5.91 Å². The first-order chi connectivity index (χ1) is 7.04. The molecule has 1 atom stereocenters. The van der Waals surface area contributed by atoms with E-state index in [9.17, 15) is 4.79 Å². The minimum Gasteiger partial charge on any atom is -0.373 e. The monoisotopic (exact) mass is 334 g/mol. The molecule has 1 unspecified atom stereocenters. The normalized spacial score (nSPS) is 12.2. The van der Waals surface area contributed by atoms with Gasteiger partial charge in [0.25, 0.3) is 0 Å². The summed E-state index contributed by atoms with van der Waals surface area (Å²) in [6.07, 6.45) is 0.665. The number of primary amides is 1. The molecule has 0 bridgehead atoms. The standard InChI is InChI=1S/C10H12Br2N2O/c1-2-8(10(13)15)14-9-4-3-6(11)5-7(9)12/h3-5,8,14H,2H2,1H3,(H2,13,15). The number of rotatable bonds is 4. The van der Waals surface area contributed by atoms with Crippen LogP contribution in [0.4, 0.5) is 5.69 Å². The van der Waals surface area contributed by atoms with E-state index in [1.165, 1.54) is 0 Å². The quantitative estimate of drug-likeness (QED) is 0.888. The third kappa shape index (κ3) is 3.50. The highest BCUT2D eigenvalue weighted by Crippen LogP contribution is 2.26. The van der Waals surface area contributed by atoms with Crippen molar-refractivity contribution in [1.29, 1.82) is 0 Å². The van der Waals surface area contributed by atoms with Crippen LogP contribution >= 0.6 is 31.9 Å². The maximum Gasteiger partial charge on any atom is 0.239 e. The lowest BCUT2D eigenvalue weighted by Gasteiger charge is -2.15. The Morgan fingerprint density at radius 2 is 2.20 bits per heavy atom. The summed E-state index contributed by atoms with van der Waals surface area (Å²) in [5.41, 5.74) is 6.11. The molecule has 1 rings (SSSR count). The van der Waals surface area contributed by atoms with Crippen molar-refractivity contribution in [2.75, 3.05) is 5.32 Å². The Kier molecular flexibility index (Phi) is 4.60. The van der Waals surface area contributed by atoms with Gasteiger partial charge in [-0.05, 0) is 40.5 Å². The second kappa shape index (κ2) is 5.51. The summed E-state index contributed by atoms with van der Waals surface area (Å²) in [5.74, 6) is -0.340. The number of nitrogens with one attached hydrogen (secondary N) is 1. The van der Waals surface area contributed by atoms with Gasteiger partial charge in [0.15, 0.2) is 0 Å². The third-order valence-corrected chi connectivity index (χ3v) is 3.16. The number of hydrogen-bond acceptors (Lipinski definition) is 2. The summed E-state index contributed by atoms with van der Waals surface area (Å²) in [4.78, 5) is 11.0. The minimum absolute atomic E-state index is 0.331. The lowest BCUT2D eigenvalue weighted by Crippen LogP contribution is -2.34. The molecular weight excluding hydrogens is 324 g/mol. The van der Waals surface area contributed by atoms with Crippen molar-refractivity contribution >= 4 is 43.5 Å². The maximum absolute atomic E-state index is 11.0. The molecule has 3 N–H and O–H groups in total. The maximum atomic E-state index is 11.0. The third-order valence-electron chi connectivity index (χ3n) is 2.01. The number of anilines is 1. The van der Waals surface area contributed by atoms with E-state index in [1.54, 1.807) is 0 Å². The second-order valence-electron chi connectivity index (χ2n) is 3.13. The Bertz CT molecular complexity index is 368. The number of amides is 1. The molecule has 3 nitrogen and oxygen atoms in total. The van der Waals surface area contributed by atoms with Gasteiger partial charge in [-0.15, -0.1) is 0 Å². The van der Waals surface area contributed by atoms with Crippen molar-refractivity contribution in [3.05, 3.63) is 27.1 Å². The molecule has 0 radical (unpaired) electrons. The summed E-state index contributed by atoms with van der Waals surface area (Å²) >= 11 is 6.77. The minimum atomic E-state index is -0.340. The zero-order chi connectivity index (χ0) is 11.4. The smallest absolute Gasteiger partial charge is 0.239 e. The summed E-state index contributed by atoms with van der Waals surface area (Å²) in [6, 6.07) is 5.37. The summed E-state index contributed by atoms with van der Waals surface area (Å²) in [5, 5.41) is 3.08. The van der Waals surface area contributed by atoms with Crippen LogP contribution in [0.15, 0.2) is 27.1 Å². The molecule has 5 heteroatoms. The Morgan fingerprint density at radius 3 is 2.67 bits per heavy atom. The molecule has 0 spiro atoms. The van der Waals surface area contributed by atoms with Crippen LogP contribution in [0.2, 0.25) is 0 Å². The fourth-order valence-corrected chi connectivity index (χ4v) is 2.33. The molecule has 15 heavy (non-hydrogen) atoms. The lowest BCUT2D eigenvalue weighted by molar-refractivity contribution is -0.118. The Labute approximate surface area is 106 Å². The molecule has 0 aliphatic rings. The molecule has 0 saturated carbocycles. The molecule has 1 aromatic carbocycles. The number of hydrogen-bond donors (Lipinski definition) is 2. The second-order valence-corrected chi connectivity index (χ2v) is 4.90. The molecule has 0 saturated heterocycles. The van der Waals surface area contributed by atoms with Crippen molar-refractivity contribution < 1.29 is 4.79 Å². The van der Waals surface area contributed by atoms with Crippen molar-refractivity contribution in [2.24, 2.45) is 5.73 Å². The Balaban J connectivity index is 2.84. The number of carbonyl (C=O) groups excluding carboxylic acids is 1. The summed E-state index contributed by atoms with van der Waals surface area (Å²) in [6.45, 7) is 1.91. The molecule has 0 aliphatic heterocycles. The average molecular weight is 336 g/mol. The Hall–Kier alpha value is -0.550. The van der Waals surface area contributed by atoms with Crippen LogP contribution in [0, 0.1) is 0 Å². The zero-order valence-electron chi connectivity index (χ0n) is 8.26. The van der Waals surface area contributed by atoms with Crippen LogP contribution in [0.3, 0.4) is 0 Å². The van der Waals surface area contributed by atoms with Gasteiger partial charge in [-0.25, -0.2) is 0 Å². The van der Waals surface area contributed by atoms with E-state index in [0.717, 1.165) is 14.6 Å². The van der Waals surface area contributed by atoms with Crippen molar-refractivity contribution in [2.45, 2.75) is 19.4 Å². The van der Waals surface area contributed by atoms with Crippen molar-refractivity contribution in [3.8, 4) is 0 Å². The summed E-state index contributed by atoms with van der Waals surface area (Å²) < 4.78 is 1.88. The molecule has 1 aromatic rings. The first-order valence-corrected chi connectivity index (χ1v) is 6.14. The fraction of sp³-hybridized carbons (Fsp3) is 0.300. The Morgan fingerprint density at radius 1 is 1.53 bits per heavy atom. The molecule has 1 amide bonds. The highest BCUT2D eigenvalue weighted by Gasteiger charge is 2.13. The first kappa shape index (κ1) is 12.5. The molecule has 0 aromatic heterocycles. The highest BCUT2D eigenvalue weighted by molar-refractivity contribution is 9.11. The largest absolute Gasteiger partial charge is 0.373 e. The number of nitrogens with two attached hydrogens (primary N) is 1. The van der Waals surface area contributed by atoms with Crippen LogP contribution in [0.25, 0.3) is 0 Å². The van der Waals surface area contributed by atoms with Gasteiger partial charge >= 0.3 is 0 Å². The lowest BCUT2D eigenvalue weighted by atomic mass is 10.2. The van der Waals surface area contributed by atoms with Crippen LogP contribution in [-0.4, -0.2) is 11.9 Å². The van der Waals surface area contributed by atoms with Crippen LogP contribution < -0.4 is 11.1 Å². The molecule has 0 heterocycles. The van der Waals surface area contributed by atoms with Gasteiger partial charge in [0.05, 0.1) is 0 Å². The predicted octanol–water partition coefficient (Wildman–Crippen LogP) is 2.89. The summed E-state index contributed by atoms with van der Waals surface area (Å²) in [7, 11) is 0. The van der Waals surface area contributed by atoms with E-state index in [2.05, 4.69) is 37.2 Å². The van der Waals surface area contributed by atoms with Crippen LogP contribution in [0.1, 0.15) is 13.3 Å². The van der Waals surface area contributed by atoms with E-state index in [4.69, 9.17) is 5.73 Å². The average Bonchev–Trinajstić information content (AvgIpc) is 2.16. The van der Waals surface area contributed by atoms with Gasteiger partial charge in [0.1, 0.15) is 6.04 Å². The number of carbonyl (C=O) groups is 1. The SMILES string of the molecule is CCC(Nc1ccc(Br)cc1Br)C(N)=O. The van der Waals surface area contributed by atoms with Crippen molar-refractivity contribution in [1.82, 2.24) is 0 Å². The zero-order valence-corrected chi connectivity index (χ0v) is 11.4. The van der Waals surface area contributed by atoms with Crippen LogP contribution in [-0.2, 0) is 4.79 Å². The predicted molar refractivity (Wildman–Crippen MR) is 68.7 cm³/mol. The van der Waals surface area contributed by atoms with E-state index < -0.39 is 0 Å². The van der Waals surface area contributed by atoms with E-state index >= 15 is 0 Å². The van der Waals surface area contributed by atoms with Gasteiger partial charge in [-0.2, -0.15) is 0 Å². The first-order valence-electron chi connectivity index (χ1n) is 4.55. The van der Waals surface area contributed by atoms with Crippen molar-refractivity contribution in [3.63, 3.8) is 0 Å². The molecule has 82 valence electrons. The molecule has 0 aliphatic carbocycles. The van der Waals surface area contributed by atoms with Gasteiger partial charge in [-0.1, -0.05) is 22.9 Å². The van der Waals surface area contributed by atoms with Gasteiger partial charge in [-0.3, -0.25) is 4.79 Å². The topological polar surface area (TPSA) is 55.1 Å². The molecular formula is C10H12Br2N2O. The van der Waals surface area contributed by atoms with E-state index in [-0.39, 0.29) is 11.9 Å². The van der Waals surface area contributed by atoms with Gasteiger partial charge in [0, 0.05) is 14.6 Å². The van der Waals surface area contributed by atoms with Crippen LogP contribution in [0.5, 0.6) is 0 Å². The highest BCUT2D eigenvalue weighted by atomic mass is 79.9. The van der Waals surface area contributed by atoms with E-state index in [1.807, 2.05) is 25.1 Å².